The normalized spacial score (nSPS) is 13.4. The Morgan fingerprint density at radius 2 is 0.959 bits per heavy atom. The fourth-order valence-electron chi connectivity index (χ4n) is 8.34. The molecule has 0 unspecified atom stereocenters. The lowest BCUT2D eigenvalue weighted by Crippen LogP contribution is -2.02. The summed E-state index contributed by atoms with van der Waals surface area (Å²) in [5, 5.41) is 10.4. The summed E-state index contributed by atoms with van der Waals surface area (Å²) < 4.78 is 2.50. The number of hydrogen-bond acceptors (Lipinski definition) is 0. The van der Waals surface area contributed by atoms with Gasteiger partial charge >= 0.3 is 0 Å². The van der Waals surface area contributed by atoms with Crippen LogP contribution < -0.4 is 0 Å². The molecule has 0 radical (unpaired) electrons. The van der Waals surface area contributed by atoms with Crippen molar-refractivity contribution in [3.05, 3.63) is 182 Å². The summed E-state index contributed by atoms with van der Waals surface area (Å²) in [5.74, 6) is 0. The summed E-state index contributed by atoms with van der Waals surface area (Å²) in [7, 11) is 0. The molecular formula is C48H33N. The summed E-state index contributed by atoms with van der Waals surface area (Å²) in [6.45, 7) is 0. The van der Waals surface area contributed by atoms with Gasteiger partial charge in [0.1, 0.15) is 0 Å². The molecule has 1 heterocycles. The number of aromatic nitrogens is 1. The number of allylic oxidation sites excluding steroid dienone is 4. The lowest BCUT2D eigenvalue weighted by molar-refractivity contribution is 0.994. The molecule has 10 rings (SSSR count). The molecular weight excluding hydrogens is 591 g/mol. The fourth-order valence-corrected chi connectivity index (χ4v) is 8.34. The van der Waals surface area contributed by atoms with E-state index in [2.05, 4.69) is 181 Å². The van der Waals surface area contributed by atoms with Crippen LogP contribution in [0.25, 0.3) is 87.6 Å². The highest BCUT2D eigenvalue weighted by atomic mass is 15.0. The Labute approximate surface area is 285 Å². The van der Waals surface area contributed by atoms with Crippen LogP contribution in [0.3, 0.4) is 0 Å². The summed E-state index contributed by atoms with van der Waals surface area (Å²) in [4.78, 5) is 0. The second-order valence-corrected chi connectivity index (χ2v) is 13.2. The number of nitrogens with zero attached hydrogens (tertiary/aromatic N) is 1. The molecule has 9 aromatic rings. The highest BCUT2D eigenvalue weighted by molar-refractivity contribution is 6.19. The van der Waals surface area contributed by atoms with E-state index in [1.165, 1.54) is 93.2 Å². The molecule has 0 saturated carbocycles. The standard InChI is InChI=1S/C48H33N/c1-2-14-33(15-3-1)47-40-19-6-8-21-42(40)48(43-22-9-7-20-41(43)47)34-25-28-36(29-26-34)49-45-24-11-10-18-39(45)44-31-35(27-30-46(44)49)38-23-12-16-32-13-4-5-17-37(32)38/h1-25,27-28,30-31H,26,29H2. The second-order valence-electron chi connectivity index (χ2n) is 13.2. The van der Waals surface area contributed by atoms with Crippen LogP contribution in [0.5, 0.6) is 0 Å². The maximum absolute atomic E-state index is 2.50. The molecule has 49 heavy (non-hydrogen) atoms. The number of rotatable bonds is 4. The van der Waals surface area contributed by atoms with Gasteiger partial charge in [0.05, 0.1) is 11.0 Å². The van der Waals surface area contributed by atoms with Gasteiger partial charge in [-0.15, -0.1) is 0 Å². The molecule has 1 aromatic heterocycles. The minimum Gasteiger partial charge on any atom is -0.313 e. The Morgan fingerprint density at radius 3 is 1.67 bits per heavy atom. The Hall–Kier alpha value is -6.18. The third kappa shape index (κ3) is 4.40. The van der Waals surface area contributed by atoms with Crippen LogP contribution in [0.1, 0.15) is 18.4 Å². The van der Waals surface area contributed by atoms with Gasteiger partial charge in [-0.25, -0.2) is 0 Å². The van der Waals surface area contributed by atoms with E-state index >= 15 is 0 Å². The van der Waals surface area contributed by atoms with Gasteiger partial charge in [0.25, 0.3) is 0 Å². The zero-order valence-corrected chi connectivity index (χ0v) is 27.1. The van der Waals surface area contributed by atoms with Gasteiger partial charge in [-0.2, -0.15) is 0 Å². The average molecular weight is 624 g/mol. The molecule has 1 aliphatic carbocycles. The van der Waals surface area contributed by atoms with Crippen molar-refractivity contribution in [1.29, 1.82) is 0 Å². The first-order chi connectivity index (χ1) is 24.3. The SMILES string of the molecule is C1=C(c2c3ccccc3c(-c3ccccc3)c3ccccc23)CCC(n2c3ccccc3c3cc(-c4cccc5ccccc45)ccc32)=C1. The average Bonchev–Trinajstić information content (AvgIpc) is 3.51. The largest absolute Gasteiger partial charge is 0.313 e. The van der Waals surface area contributed by atoms with Gasteiger partial charge < -0.3 is 4.57 Å². The quantitative estimate of drug-likeness (QED) is 0.172. The van der Waals surface area contributed by atoms with Crippen molar-refractivity contribution in [2.75, 3.05) is 0 Å². The van der Waals surface area contributed by atoms with E-state index in [0.29, 0.717) is 0 Å². The number of hydrogen-bond donors (Lipinski definition) is 0. The van der Waals surface area contributed by atoms with Crippen LogP contribution in [0, 0.1) is 0 Å². The van der Waals surface area contributed by atoms with Crippen LogP contribution in [-0.4, -0.2) is 4.57 Å². The lowest BCUT2D eigenvalue weighted by Gasteiger charge is -2.22. The van der Waals surface area contributed by atoms with Crippen molar-refractivity contribution in [1.82, 2.24) is 4.57 Å². The monoisotopic (exact) mass is 623 g/mol. The summed E-state index contributed by atoms with van der Waals surface area (Å²) in [6.07, 6.45) is 6.71. The van der Waals surface area contributed by atoms with Gasteiger partial charge in [0.15, 0.2) is 0 Å². The minimum atomic E-state index is 0.966. The van der Waals surface area contributed by atoms with Gasteiger partial charge in [-0.05, 0) is 103 Å². The molecule has 1 nitrogen and oxygen atoms in total. The fraction of sp³-hybridized carbons (Fsp3) is 0.0417. The van der Waals surface area contributed by atoms with Crippen LogP contribution in [-0.2, 0) is 0 Å². The number of fused-ring (bicyclic) bond motifs is 6. The van der Waals surface area contributed by atoms with Crippen LogP contribution >= 0.6 is 0 Å². The number of benzene rings is 8. The van der Waals surface area contributed by atoms with E-state index < -0.39 is 0 Å². The molecule has 0 saturated heterocycles. The molecule has 0 spiro atoms. The van der Waals surface area contributed by atoms with E-state index in [1.54, 1.807) is 0 Å². The van der Waals surface area contributed by atoms with Crippen molar-refractivity contribution in [2.45, 2.75) is 12.8 Å². The van der Waals surface area contributed by atoms with Crippen LogP contribution in [0.15, 0.2) is 176 Å². The maximum atomic E-state index is 2.50. The summed E-state index contributed by atoms with van der Waals surface area (Å²) >= 11 is 0. The van der Waals surface area contributed by atoms with E-state index in [1.807, 2.05) is 0 Å². The molecule has 0 amide bonds. The Bertz CT molecular complexity index is 2750. The molecule has 0 N–H and O–H groups in total. The Morgan fingerprint density at radius 1 is 0.367 bits per heavy atom. The molecule has 8 aromatic carbocycles. The van der Waals surface area contributed by atoms with E-state index in [9.17, 15) is 0 Å². The van der Waals surface area contributed by atoms with Crippen molar-refractivity contribution in [3.63, 3.8) is 0 Å². The molecule has 0 aliphatic heterocycles. The van der Waals surface area contributed by atoms with Crippen molar-refractivity contribution >= 4 is 65.4 Å². The van der Waals surface area contributed by atoms with Gasteiger partial charge in [-0.1, -0.05) is 152 Å². The maximum Gasteiger partial charge on any atom is 0.0538 e. The van der Waals surface area contributed by atoms with E-state index in [-0.39, 0.29) is 0 Å². The second kappa shape index (κ2) is 11.2. The Kier molecular flexibility index (Phi) is 6.38. The van der Waals surface area contributed by atoms with Crippen LogP contribution in [0.2, 0.25) is 0 Å². The first kappa shape index (κ1) is 27.9. The molecule has 0 atom stereocenters. The molecule has 230 valence electrons. The highest BCUT2D eigenvalue weighted by Crippen LogP contribution is 2.45. The first-order valence-corrected chi connectivity index (χ1v) is 17.2. The topological polar surface area (TPSA) is 4.93 Å². The molecule has 1 aliphatic rings. The van der Waals surface area contributed by atoms with Crippen molar-refractivity contribution in [2.24, 2.45) is 0 Å². The lowest BCUT2D eigenvalue weighted by atomic mass is 9.83. The van der Waals surface area contributed by atoms with Crippen molar-refractivity contribution < 1.29 is 0 Å². The van der Waals surface area contributed by atoms with Gasteiger partial charge in [-0.3, -0.25) is 0 Å². The summed E-state index contributed by atoms with van der Waals surface area (Å²) in [6, 6.07) is 60.0. The third-order valence-electron chi connectivity index (χ3n) is 10.5. The van der Waals surface area contributed by atoms with Crippen molar-refractivity contribution in [3.8, 4) is 22.3 Å². The predicted octanol–water partition coefficient (Wildman–Crippen LogP) is 13.3. The summed E-state index contributed by atoms with van der Waals surface area (Å²) in [5.41, 5.74) is 11.7. The zero-order chi connectivity index (χ0) is 32.3. The molecule has 0 fully saturated rings. The highest BCUT2D eigenvalue weighted by Gasteiger charge is 2.21. The molecule has 1 heteroatoms. The first-order valence-electron chi connectivity index (χ1n) is 17.2. The zero-order valence-electron chi connectivity index (χ0n) is 27.1. The predicted molar refractivity (Wildman–Crippen MR) is 211 cm³/mol. The number of para-hydroxylation sites is 1. The van der Waals surface area contributed by atoms with Crippen LogP contribution in [0.4, 0.5) is 0 Å². The van der Waals surface area contributed by atoms with E-state index in [4.69, 9.17) is 0 Å². The van der Waals surface area contributed by atoms with Gasteiger partial charge in [0, 0.05) is 16.5 Å². The van der Waals surface area contributed by atoms with E-state index in [0.717, 1.165) is 12.8 Å². The Balaban J connectivity index is 1.14. The van der Waals surface area contributed by atoms with Gasteiger partial charge in [0.2, 0.25) is 0 Å². The minimum absolute atomic E-state index is 0.966. The molecule has 0 bridgehead atoms. The smallest absolute Gasteiger partial charge is 0.0538 e. The third-order valence-corrected chi connectivity index (χ3v) is 10.5.